The number of nitrogens with one attached hydrogen (secondary N) is 2. The summed E-state index contributed by atoms with van der Waals surface area (Å²) in [7, 11) is 0. The molecule has 1 aromatic carbocycles. The lowest BCUT2D eigenvalue weighted by atomic mass is 10.1. The topological polar surface area (TPSA) is 68.2 Å². The van der Waals surface area contributed by atoms with Crippen LogP contribution in [0.1, 0.15) is 30.9 Å². The minimum Gasteiger partial charge on any atom is -0.376 e. The normalized spacial score (nSPS) is 18.3. The summed E-state index contributed by atoms with van der Waals surface area (Å²) in [5, 5.41) is 10.1. The van der Waals surface area contributed by atoms with E-state index in [0.717, 1.165) is 30.6 Å². The van der Waals surface area contributed by atoms with E-state index in [0.29, 0.717) is 13.1 Å². The van der Waals surface area contributed by atoms with Gasteiger partial charge in [0.05, 0.1) is 18.7 Å². The van der Waals surface area contributed by atoms with Crippen LogP contribution >= 0.6 is 0 Å². The number of hydrogen-bond donors (Lipinski definition) is 2. The molecule has 0 bridgehead atoms. The number of ether oxygens (including phenoxy) is 1. The molecule has 6 heteroatoms. The minimum atomic E-state index is -0.160. The number of hydrogen-bond acceptors (Lipinski definition) is 3. The van der Waals surface area contributed by atoms with Gasteiger partial charge in [0.1, 0.15) is 0 Å². The van der Waals surface area contributed by atoms with Crippen molar-refractivity contribution in [3.8, 4) is 0 Å². The van der Waals surface area contributed by atoms with Crippen molar-refractivity contribution in [2.45, 2.75) is 45.0 Å². The summed E-state index contributed by atoms with van der Waals surface area (Å²) in [6.45, 7) is 3.96. The van der Waals surface area contributed by atoms with Gasteiger partial charge < -0.3 is 15.4 Å². The average molecular weight is 328 g/mol. The quantitative estimate of drug-likeness (QED) is 0.855. The number of benzene rings is 1. The molecule has 0 saturated carbocycles. The second-order valence-electron chi connectivity index (χ2n) is 6.14. The van der Waals surface area contributed by atoms with Gasteiger partial charge in [-0.25, -0.2) is 4.79 Å². The highest BCUT2D eigenvalue weighted by atomic mass is 16.5. The molecule has 2 heterocycles. The molecule has 1 fully saturated rings. The Bertz CT molecular complexity index is 651. The molecule has 2 N–H and O–H groups in total. The third-order valence-corrected chi connectivity index (χ3v) is 4.33. The maximum atomic E-state index is 12.1. The van der Waals surface area contributed by atoms with Gasteiger partial charge in [-0.3, -0.25) is 4.68 Å². The molecule has 0 aliphatic carbocycles. The van der Waals surface area contributed by atoms with Crippen LogP contribution in [0.2, 0.25) is 0 Å². The van der Waals surface area contributed by atoms with Crippen LogP contribution in [0.5, 0.6) is 0 Å². The predicted octanol–water partition coefficient (Wildman–Crippen LogP) is 2.30. The summed E-state index contributed by atoms with van der Waals surface area (Å²) < 4.78 is 7.48. The fourth-order valence-corrected chi connectivity index (χ4v) is 2.98. The lowest BCUT2D eigenvalue weighted by Crippen LogP contribution is -2.45. The predicted molar refractivity (Wildman–Crippen MR) is 91.6 cm³/mol. The van der Waals surface area contributed by atoms with Gasteiger partial charge >= 0.3 is 6.03 Å². The van der Waals surface area contributed by atoms with E-state index in [-0.39, 0.29) is 18.2 Å². The molecule has 1 aliphatic heterocycles. The maximum Gasteiger partial charge on any atom is 0.315 e. The van der Waals surface area contributed by atoms with Gasteiger partial charge in [0.15, 0.2) is 0 Å². The van der Waals surface area contributed by atoms with Crippen molar-refractivity contribution in [3.63, 3.8) is 0 Å². The molecule has 0 spiro atoms. The van der Waals surface area contributed by atoms with Crippen molar-refractivity contribution in [2.24, 2.45) is 0 Å². The van der Waals surface area contributed by atoms with Crippen LogP contribution in [0.4, 0.5) is 4.79 Å². The maximum absolute atomic E-state index is 12.1. The van der Waals surface area contributed by atoms with Crippen LogP contribution in [-0.2, 0) is 17.8 Å². The molecule has 128 valence electrons. The zero-order valence-corrected chi connectivity index (χ0v) is 13.9. The summed E-state index contributed by atoms with van der Waals surface area (Å²) in [6, 6.07) is 9.84. The lowest BCUT2D eigenvalue weighted by Gasteiger charge is -2.20. The van der Waals surface area contributed by atoms with Crippen molar-refractivity contribution in [1.29, 1.82) is 0 Å². The number of carbonyl (C=O) groups excluding carboxylic acids is 1. The van der Waals surface area contributed by atoms with E-state index in [1.165, 1.54) is 0 Å². The first kappa shape index (κ1) is 16.5. The molecular formula is C18H24N4O2. The van der Waals surface area contributed by atoms with Gasteiger partial charge in [0.25, 0.3) is 0 Å². The van der Waals surface area contributed by atoms with E-state index >= 15 is 0 Å². The molecule has 2 aromatic rings. The number of rotatable bonds is 6. The van der Waals surface area contributed by atoms with Gasteiger partial charge in [-0.05, 0) is 37.0 Å². The largest absolute Gasteiger partial charge is 0.376 e. The third-order valence-electron chi connectivity index (χ3n) is 4.33. The van der Waals surface area contributed by atoms with Crippen molar-refractivity contribution in [1.82, 2.24) is 20.4 Å². The zero-order valence-electron chi connectivity index (χ0n) is 13.9. The van der Waals surface area contributed by atoms with Gasteiger partial charge in [0.2, 0.25) is 0 Å². The first-order valence-electron chi connectivity index (χ1n) is 8.42. The van der Waals surface area contributed by atoms with E-state index < -0.39 is 0 Å². The monoisotopic (exact) mass is 328 g/mol. The summed E-state index contributed by atoms with van der Waals surface area (Å²) in [5.41, 5.74) is 2.24. The Kier molecular flexibility index (Phi) is 5.48. The van der Waals surface area contributed by atoms with Crippen LogP contribution in [-0.4, -0.2) is 34.6 Å². The number of carbonyl (C=O) groups is 1. The highest BCUT2D eigenvalue weighted by Gasteiger charge is 2.23. The fraction of sp³-hybridized carbons (Fsp3) is 0.444. The molecule has 0 unspecified atom stereocenters. The summed E-state index contributed by atoms with van der Waals surface area (Å²) >= 11 is 0. The van der Waals surface area contributed by atoms with Crippen LogP contribution in [0.25, 0.3) is 0 Å². The van der Waals surface area contributed by atoms with E-state index in [9.17, 15) is 4.79 Å². The molecule has 3 rings (SSSR count). The van der Waals surface area contributed by atoms with Crippen molar-refractivity contribution < 1.29 is 9.53 Å². The smallest absolute Gasteiger partial charge is 0.315 e. The minimum absolute atomic E-state index is 0.0202. The summed E-state index contributed by atoms with van der Waals surface area (Å²) in [6.07, 6.45) is 5.90. The Labute approximate surface area is 142 Å². The van der Waals surface area contributed by atoms with E-state index in [2.05, 4.69) is 21.8 Å². The standard InChI is InChI=1S/C18H24N4O2/c1-14(17-8-4-11-24-17)21-18(23)19-12-15-6-2-3-7-16(15)13-22-10-5-9-20-22/h2-3,5-7,9-10,14,17H,4,8,11-13H2,1H3,(H2,19,21,23)/t14-,17-/m0/s1. The molecule has 0 radical (unpaired) electrons. The van der Waals surface area contributed by atoms with Crippen molar-refractivity contribution >= 4 is 6.03 Å². The second kappa shape index (κ2) is 7.97. The Morgan fingerprint density at radius 3 is 2.92 bits per heavy atom. The van der Waals surface area contributed by atoms with Crippen LogP contribution in [0, 0.1) is 0 Å². The number of nitrogens with zero attached hydrogens (tertiary/aromatic N) is 2. The molecule has 1 saturated heterocycles. The molecule has 1 aromatic heterocycles. The van der Waals surface area contributed by atoms with Gasteiger partial charge in [-0.2, -0.15) is 5.10 Å². The van der Waals surface area contributed by atoms with Crippen molar-refractivity contribution in [3.05, 3.63) is 53.9 Å². The van der Waals surface area contributed by atoms with Gasteiger partial charge in [-0.15, -0.1) is 0 Å². The summed E-state index contributed by atoms with van der Waals surface area (Å²) in [5.74, 6) is 0. The van der Waals surface area contributed by atoms with Crippen molar-refractivity contribution in [2.75, 3.05) is 6.61 Å². The van der Waals surface area contributed by atoms with E-state index in [1.54, 1.807) is 6.20 Å². The van der Waals surface area contributed by atoms with Crippen LogP contribution in [0.3, 0.4) is 0 Å². The number of aromatic nitrogens is 2. The SMILES string of the molecule is C[C@H](NC(=O)NCc1ccccc1Cn1cccn1)[C@@H]1CCCO1. The van der Waals surface area contributed by atoms with E-state index in [1.807, 2.05) is 42.1 Å². The summed E-state index contributed by atoms with van der Waals surface area (Å²) in [4.78, 5) is 12.1. The fourth-order valence-electron chi connectivity index (χ4n) is 2.98. The second-order valence-corrected chi connectivity index (χ2v) is 6.14. The molecule has 6 nitrogen and oxygen atoms in total. The van der Waals surface area contributed by atoms with Crippen LogP contribution in [0.15, 0.2) is 42.7 Å². The number of urea groups is 1. The average Bonchev–Trinajstić information content (AvgIpc) is 3.27. The van der Waals surface area contributed by atoms with Gasteiger partial charge in [-0.1, -0.05) is 24.3 Å². The number of amides is 2. The first-order chi connectivity index (χ1) is 11.7. The van der Waals surface area contributed by atoms with Gasteiger partial charge in [0, 0.05) is 25.5 Å². The zero-order chi connectivity index (χ0) is 16.8. The third kappa shape index (κ3) is 4.35. The Balaban J connectivity index is 1.53. The first-order valence-corrected chi connectivity index (χ1v) is 8.42. The molecule has 2 atom stereocenters. The molecular weight excluding hydrogens is 304 g/mol. The Morgan fingerprint density at radius 1 is 1.38 bits per heavy atom. The Morgan fingerprint density at radius 2 is 2.21 bits per heavy atom. The van der Waals surface area contributed by atoms with Crippen LogP contribution < -0.4 is 10.6 Å². The lowest BCUT2D eigenvalue weighted by molar-refractivity contribution is 0.0860. The van der Waals surface area contributed by atoms with E-state index in [4.69, 9.17) is 4.74 Å². The highest BCUT2D eigenvalue weighted by Crippen LogP contribution is 2.15. The molecule has 1 aliphatic rings. The highest BCUT2D eigenvalue weighted by molar-refractivity contribution is 5.74. The molecule has 2 amide bonds. The Hall–Kier alpha value is -2.34. The molecule has 24 heavy (non-hydrogen) atoms.